The Balaban J connectivity index is 1.10. The molecule has 0 amide bonds. The maximum Gasteiger partial charge on any atom is 0.0366 e. The van der Waals surface area contributed by atoms with Gasteiger partial charge in [0.05, 0.1) is 0 Å². The molecule has 3 heteroatoms. The van der Waals surface area contributed by atoms with E-state index >= 15 is 0 Å². The SMILES string of the molecule is CN(Cc1ccc(N2CCC3(CC2)CCN(C2CCC2)CC3)cc1)C1CCCCC1. The number of benzene rings is 1. The number of rotatable bonds is 5. The minimum absolute atomic E-state index is 0.652. The van der Waals surface area contributed by atoms with Crippen LogP contribution in [0.3, 0.4) is 0 Å². The Morgan fingerprint density at radius 2 is 1.43 bits per heavy atom. The summed E-state index contributed by atoms with van der Waals surface area (Å²) in [6.45, 7) is 6.35. The molecule has 30 heavy (non-hydrogen) atoms. The fourth-order valence-corrected chi connectivity index (χ4v) is 6.61. The first kappa shape index (κ1) is 20.8. The average Bonchev–Trinajstić information content (AvgIpc) is 2.76. The Labute approximate surface area is 184 Å². The fraction of sp³-hybridized carbons (Fsp3) is 0.778. The molecule has 1 spiro atoms. The molecular formula is C27H43N3. The Bertz CT molecular complexity index is 656. The van der Waals surface area contributed by atoms with Crippen molar-refractivity contribution in [2.45, 2.75) is 95.7 Å². The molecule has 0 bridgehead atoms. The first-order valence-electron chi connectivity index (χ1n) is 13.0. The zero-order valence-corrected chi connectivity index (χ0v) is 19.3. The molecule has 0 radical (unpaired) electrons. The van der Waals surface area contributed by atoms with Gasteiger partial charge in [0.25, 0.3) is 0 Å². The summed E-state index contributed by atoms with van der Waals surface area (Å²) >= 11 is 0. The summed E-state index contributed by atoms with van der Waals surface area (Å²) in [4.78, 5) is 8.05. The van der Waals surface area contributed by atoms with Crippen molar-refractivity contribution < 1.29 is 0 Å². The van der Waals surface area contributed by atoms with Gasteiger partial charge in [0.1, 0.15) is 0 Å². The van der Waals surface area contributed by atoms with Crippen molar-refractivity contribution in [2.75, 3.05) is 38.1 Å². The second-order valence-electron chi connectivity index (χ2n) is 11.0. The summed E-state index contributed by atoms with van der Waals surface area (Å²) < 4.78 is 0. The molecule has 0 aromatic heterocycles. The van der Waals surface area contributed by atoms with Crippen LogP contribution in [-0.4, -0.2) is 55.1 Å². The van der Waals surface area contributed by atoms with Gasteiger partial charge in [-0.1, -0.05) is 37.8 Å². The predicted octanol–water partition coefficient (Wildman–Crippen LogP) is 5.69. The number of hydrogen-bond donors (Lipinski definition) is 0. The molecule has 1 aromatic carbocycles. The van der Waals surface area contributed by atoms with Crippen molar-refractivity contribution in [2.24, 2.45) is 5.41 Å². The van der Waals surface area contributed by atoms with E-state index in [-0.39, 0.29) is 0 Å². The zero-order valence-electron chi connectivity index (χ0n) is 19.3. The Hall–Kier alpha value is -1.06. The van der Waals surface area contributed by atoms with Gasteiger partial charge < -0.3 is 9.80 Å². The Kier molecular flexibility index (Phi) is 6.39. The van der Waals surface area contributed by atoms with Crippen LogP contribution in [0.1, 0.15) is 82.6 Å². The van der Waals surface area contributed by atoms with E-state index in [0.717, 1.165) is 18.6 Å². The van der Waals surface area contributed by atoms with Crippen LogP contribution in [0.4, 0.5) is 5.69 Å². The largest absolute Gasteiger partial charge is 0.371 e. The summed E-state index contributed by atoms with van der Waals surface area (Å²) in [5.41, 5.74) is 3.57. The highest BCUT2D eigenvalue weighted by Gasteiger charge is 2.39. The van der Waals surface area contributed by atoms with Crippen LogP contribution in [0, 0.1) is 5.41 Å². The lowest BCUT2D eigenvalue weighted by molar-refractivity contribution is 0.0306. The van der Waals surface area contributed by atoms with Crippen molar-refractivity contribution in [1.82, 2.24) is 9.80 Å². The molecule has 2 heterocycles. The first-order chi connectivity index (χ1) is 14.7. The van der Waals surface area contributed by atoms with Crippen molar-refractivity contribution >= 4 is 5.69 Å². The topological polar surface area (TPSA) is 9.72 Å². The van der Waals surface area contributed by atoms with E-state index in [1.807, 2.05) is 0 Å². The third kappa shape index (κ3) is 4.58. The standard InChI is InChI=1S/C27H43N3/c1-28(24-6-3-2-4-7-24)22-23-10-12-26(13-11-23)30-20-16-27(17-21-30)14-18-29(19-15-27)25-8-5-9-25/h10-13,24-25H,2-9,14-22H2,1H3. The van der Waals surface area contributed by atoms with Gasteiger partial charge in [-0.3, -0.25) is 4.90 Å². The molecule has 1 aromatic rings. The third-order valence-electron chi connectivity index (χ3n) is 9.21. The lowest BCUT2D eigenvalue weighted by Gasteiger charge is -2.50. The van der Waals surface area contributed by atoms with Crippen LogP contribution in [0.25, 0.3) is 0 Å². The number of anilines is 1. The van der Waals surface area contributed by atoms with E-state index in [1.54, 1.807) is 0 Å². The van der Waals surface area contributed by atoms with Crippen LogP contribution in [0.5, 0.6) is 0 Å². The molecule has 166 valence electrons. The van der Waals surface area contributed by atoms with Crippen LogP contribution in [0.15, 0.2) is 24.3 Å². The third-order valence-corrected chi connectivity index (χ3v) is 9.21. The smallest absolute Gasteiger partial charge is 0.0366 e. The van der Waals surface area contributed by atoms with Gasteiger partial charge in [-0.25, -0.2) is 0 Å². The lowest BCUT2D eigenvalue weighted by Crippen LogP contribution is -2.50. The van der Waals surface area contributed by atoms with E-state index in [1.165, 1.54) is 114 Å². The molecule has 0 N–H and O–H groups in total. The van der Waals surface area contributed by atoms with E-state index in [0.29, 0.717) is 5.41 Å². The van der Waals surface area contributed by atoms with Crippen molar-refractivity contribution in [1.29, 1.82) is 0 Å². The van der Waals surface area contributed by atoms with Crippen LogP contribution in [-0.2, 0) is 6.54 Å². The molecule has 0 atom stereocenters. The highest BCUT2D eigenvalue weighted by atomic mass is 15.2. The molecule has 2 aliphatic carbocycles. The van der Waals surface area contributed by atoms with Gasteiger partial charge in [0, 0.05) is 37.4 Å². The molecule has 2 saturated heterocycles. The Morgan fingerprint density at radius 1 is 0.800 bits per heavy atom. The van der Waals surface area contributed by atoms with Gasteiger partial charge in [0.15, 0.2) is 0 Å². The van der Waals surface area contributed by atoms with Crippen LogP contribution >= 0.6 is 0 Å². The quantitative estimate of drug-likeness (QED) is 0.619. The molecule has 0 unspecified atom stereocenters. The molecule has 2 saturated carbocycles. The monoisotopic (exact) mass is 409 g/mol. The zero-order chi connectivity index (χ0) is 20.4. The first-order valence-corrected chi connectivity index (χ1v) is 13.0. The molecule has 4 aliphatic rings. The van der Waals surface area contributed by atoms with Crippen molar-refractivity contribution in [3.63, 3.8) is 0 Å². The molecule has 5 rings (SSSR count). The second-order valence-corrected chi connectivity index (χ2v) is 11.0. The van der Waals surface area contributed by atoms with E-state index < -0.39 is 0 Å². The van der Waals surface area contributed by atoms with Gasteiger partial charge in [-0.15, -0.1) is 0 Å². The van der Waals surface area contributed by atoms with Crippen LogP contribution in [0.2, 0.25) is 0 Å². The summed E-state index contributed by atoms with van der Waals surface area (Å²) in [6, 6.07) is 11.3. The average molecular weight is 410 g/mol. The van der Waals surface area contributed by atoms with E-state index in [9.17, 15) is 0 Å². The highest BCUT2D eigenvalue weighted by Crippen LogP contribution is 2.43. The second kappa shape index (κ2) is 9.20. The fourth-order valence-electron chi connectivity index (χ4n) is 6.61. The van der Waals surface area contributed by atoms with Gasteiger partial charge in [-0.05, 0) is 94.6 Å². The minimum atomic E-state index is 0.652. The van der Waals surface area contributed by atoms with Gasteiger partial charge in [0.2, 0.25) is 0 Å². The van der Waals surface area contributed by atoms with Crippen molar-refractivity contribution in [3.05, 3.63) is 29.8 Å². The molecular weight excluding hydrogens is 366 g/mol. The highest BCUT2D eigenvalue weighted by molar-refractivity contribution is 5.48. The van der Waals surface area contributed by atoms with Crippen LogP contribution < -0.4 is 4.90 Å². The minimum Gasteiger partial charge on any atom is -0.371 e. The van der Waals surface area contributed by atoms with Crippen molar-refractivity contribution in [3.8, 4) is 0 Å². The number of likely N-dealkylation sites (tertiary alicyclic amines) is 1. The Morgan fingerprint density at radius 3 is 2.03 bits per heavy atom. The predicted molar refractivity (Wildman–Crippen MR) is 127 cm³/mol. The summed E-state index contributed by atoms with van der Waals surface area (Å²) in [6.07, 6.45) is 17.2. The van der Waals surface area contributed by atoms with E-state index in [2.05, 4.69) is 46.0 Å². The molecule has 4 fully saturated rings. The molecule has 2 aliphatic heterocycles. The number of piperidine rings is 2. The summed E-state index contributed by atoms with van der Waals surface area (Å²) in [5.74, 6) is 0. The summed E-state index contributed by atoms with van der Waals surface area (Å²) in [7, 11) is 2.32. The number of nitrogens with zero attached hydrogens (tertiary/aromatic N) is 3. The van der Waals surface area contributed by atoms with Gasteiger partial charge >= 0.3 is 0 Å². The van der Waals surface area contributed by atoms with Gasteiger partial charge in [-0.2, -0.15) is 0 Å². The lowest BCUT2D eigenvalue weighted by atomic mass is 9.70. The number of hydrogen-bond acceptors (Lipinski definition) is 3. The molecule has 3 nitrogen and oxygen atoms in total. The van der Waals surface area contributed by atoms with E-state index in [4.69, 9.17) is 0 Å². The summed E-state index contributed by atoms with van der Waals surface area (Å²) in [5, 5.41) is 0. The normalized spacial score (nSPS) is 26.3. The maximum atomic E-state index is 2.81. The maximum absolute atomic E-state index is 2.81.